The number of nitriles is 1. The van der Waals surface area contributed by atoms with E-state index >= 15 is 0 Å². The van der Waals surface area contributed by atoms with E-state index in [-0.39, 0.29) is 18.7 Å². The highest BCUT2D eigenvalue weighted by atomic mass is 19.1. The van der Waals surface area contributed by atoms with Gasteiger partial charge in [0.15, 0.2) is 6.10 Å². The van der Waals surface area contributed by atoms with Crippen LogP contribution in [0.5, 0.6) is 5.75 Å². The molecule has 1 amide bonds. The first-order valence-corrected chi connectivity index (χ1v) is 10.1. The van der Waals surface area contributed by atoms with Gasteiger partial charge in [0.2, 0.25) is 0 Å². The molecule has 0 aliphatic rings. The fraction of sp³-hybridized carbons (Fsp3) is 0.200. The Kier molecular flexibility index (Phi) is 7.79. The molecule has 3 aromatic rings. The molecule has 0 heterocycles. The Morgan fingerprint density at radius 1 is 1.12 bits per heavy atom. The Bertz CT molecular complexity index is 1110. The normalized spacial score (nSPS) is 11.3. The highest BCUT2D eigenvalue weighted by molar-refractivity contribution is 5.82. The van der Waals surface area contributed by atoms with Crippen LogP contribution in [0.2, 0.25) is 0 Å². The molecular formula is C25H24FN3O3. The molecular weight excluding hydrogens is 409 g/mol. The number of hydrogen-bond acceptors (Lipinski definition) is 5. The van der Waals surface area contributed by atoms with Crippen LogP contribution in [0.15, 0.2) is 66.7 Å². The molecule has 1 atom stereocenters. The maximum absolute atomic E-state index is 14.5. The number of nitrogens with one attached hydrogen (secondary N) is 2. The van der Waals surface area contributed by atoms with E-state index in [2.05, 4.69) is 16.7 Å². The van der Waals surface area contributed by atoms with Crippen LogP contribution in [0.3, 0.4) is 0 Å². The van der Waals surface area contributed by atoms with Gasteiger partial charge in [-0.3, -0.25) is 4.79 Å². The van der Waals surface area contributed by atoms with E-state index in [1.54, 1.807) is 31.2 Å². The van der Waals surface area contributed by atoms with Crippen LogP contribution in [0.4, 0.5) is 15.8 Å². The number of hydrogen-bond donors (Lipinski definition) is 2. The van der Waals surface area contributed by atoms with E-state index in [9.17, 15) is 14.4 Å². The number of benzene rings is 3. The van der Waals surface area contributed by atoms with E-state index in [0.717, 1.165) is 11.3 Å². The van der Waals surface area contributed by atoms with Gasteiger partial charge in [-0.1, -0.05) is 24.3 Å². The summed E-state index contributed by atoms with van der Waals surface area (Å²) in [5.74, 6) is -0.690. The van der Waals surface area contributed by atoms with E-state index in [1.165, 1.54) is 19.2 Å². The highest BCUT2D eigenvalue weighted by Crippen LogP contribution is 2.26. The van der Waals surface area contributed by atoms with Crippen LogP contribution in [0, 0.1) is 17.1 Å². The zero-order valence-corrected chi connectivity index (χ0v) is 17.9. The Hall–Kier alpha value is -3.89. The van der Waals surface area contributed by atoms with E-state index < -0.39 is 17.8 Å². The number of anilines is 2. The molecule has 1 unspecified atom stereocenters. The monoisotopic (exact) mass is 433 g/mol. The average Bonchev–Trinajstić information content (AvgIpc) is 2.82. The molecule has 3 aromatic carbocycles. The van der Waals surface area contributed by atoms with Gasteiger partial charge in [-0.2, -0.15) is 5.26 Å². The molecule has 0 fully saturated rings. The molecule has 0 spiro atoms. The van der Waals surface area contributed by atoms with Gasteiger partial charge >= 0.3 is 0 Å². The molecule has 3 rings (SSSR count). The summed E-state index contributed by atoms with van der Waals surface area (Å²) in [4.78, 5) is 12.9. The number of amides is 1. The first-order valence-electron chi connectivity index (χ1n) is 10.1. The summed E-state index contributed by atoms with van der Waals surface area (Å²) in [7, 11) is 1.44. The van der Waals surface area contributed by atoms with E-state index in [4.69, 9.17) is 9.47 Å². The van der Waals surface area contributed by atoms with Gasteiger partial charge < -0.3 is 20.1 Å². The molecule has 6 nitrogen and oxygen atoms in total. The third-order valence-electron chi connectivity index (χ3n) is 4.81. The predicted molar refractivity (Wildman–Crippen MR) is 120 cm³/mol. The van der Waals surface area contributed by atoms with Gasteiger partial charge in [-0.05, 0) is 48.9 Å². The Morgan fingerprint density at radius 3 is 2.56 bits per heavy atom. The van der Waals surface area contributed by atoms with Crippen LogP contribution in [0.25, 0.3) is 0 Å². The predicted octanol–water partition coefficient (Wildman–Crippen LogP) is 4.84. The molecule has 0 bridgehead atoms. The van der Waals surface area contributed by atoms with Crippen molar-refractivity contribution >= 4 is 17.3 Å². The first-order chi connectivity index (χ1) is 15.5. The largest absolute Gasteiger partial charge is 0.497 e. The second-order valence-corrected chi connectivity index (χ2v) is 6.92. The van der Waals surface area contributed by atoms with Gasteiger partial charge in [0.25, 0.3) is 5.91 Å². The number of carbonyl (C=O) groups is 1. The number of nitrogens with zero attached hydrogens (tertiary/aromatic N) is 1. The molecule has 0 aliphatic carbocycles. The lowest BCUT2D eigenvalue weighted by Gasteiger charge is -2.19. The summed E-state index contributed by atoms with van der Waals surface area (Å²) in [6.45, 7) is 2.15. The molecule has 0 saturated heterocycles. The molecule has 164 valence electrons. The molecule has 0 radical (unpaired) electrons. The number of rotatable bonds is 9. The van der Waals surface area contributed by atoms with Crippen LogP contribution in [-0.4, -0.2) is 19.6 Å². The van der Waals surface area contributed by atoms with Crippen LogP contribution in [-0.2, 0) is 16.1 Å². The number of halogens is 1. The number of ether oxygens (including phenoxy) is 2. The average molecular weight is 433 g/mol. The first kappa shape index (κ1) is 22.8. The third kappa shape index (κ3) is 5.62. The van der Waals surface area contributed by atoms with Gasteiger partial charge in [0.1, 0.15) is 11.6 Å². The van der Waals surface area contributed by atoms with Crippen LogP contribution >= 0.6 is 0 Å². The summed E-state index contributed by atoms with van der Waals surface area (Å²) in [5.41, 5.74) is 2.94. The Labute approximate surface area is 186 Å². The summed E-state index contributed by atoms with van der Waals surface area (Å²) in [5, 5.41) is 15.3. The third-order valence-corrected chi connectivity index (χ3v) is 4.81. The van der Waals surface area contributed by atoms with Gasteiger partial charge in [0.05, 0.1) is 18.7 Å². The Balaban J connectivity index is 1.79. The minimum Gasteiger partial charge on any atom is -0.497 e. The summed E-state index contributed by atoms with van der Waals surface area (Å²) in [6.07, 6.45) is -1.10. The van der Waals surface area contributed by atoms with Gasteiger partial charge in [-0.25, -0.2) is 4.39 Å². The number of carbonyl (C=O) groups excluding carboxylic acids is 1. The molecule has 0 aromatic heterocycles. The summed E-state index contributed by atoms with van der Waals surface area (Å²) >= 11 is 0. The fourth-order valence-electron chi connectivity index (χ4n) is 3.19. The zero-order valence-electron chi connectivity index (χ0n) is 17.9. The minimum atomic E-state index is -1.10. The summed E-state index contributed by atoms with van der Waals surface area (Å²) in [6, 6.07) is 21.1. The van der Waals surface area contributed by atoms with E-state index in [0.29, 0.717) is 17.0 Å². The standard InChI is InChI=1S/C25H24FN3O3/c1-3-32-24(21-12-11-20(31-2)14-22(21)26)25(30)28-16-18-10-9-17(15-27)13-23(18)29-19-7-5-4-6-8-19/h4-14,24,29H,3,16H2,1-2H3,(H,28,30). The molecule has 0 saturated carbocycles. The lowest BCUT2D eigenvalue weighted by molar-refractivity contribution is -0.133. The summed E-state index contributed by atoms with van der Waals surface area (Å²) < 4.78 is 25.1. The smallest absolute Gasteiger partial charge is 0.254 e. The van der Waals surface area contributed by atoms with Crippen molar-refractivity contribution in [1.29, 1.82) is 5.26 Å². The lowest BCUT2D eigenvalue weighted by atomic mass is 10.1. The second-order valence-electron chi connectivity index (χ2n) is 6.92. The molecule has 2 N–H and O–H groups in total. The topological polar surface area (TPSA) is 83.4 Å². The maximum atomic E-state index is 14.5. The van der Waals surface area contributed by atoms with Crippen molar-refractivity contribution in [3.63, 3.8) is 0 Å². The van der Waals surface area contributed by atoms with E-state index in [1.807, 2.05) is 30.3 Å². The molecule has 0 aliphatic heterocycles. The van der Waals surface area contributed by atoms with Crippen LogP contribution in [0.1, 0.15) is 29.7 Å². The van der Waals surface area contributed by atoms with Crippen molar-refractivity contribution in [2.75, 3.05) is 19.0 Å². The van der Waals surface area contributed by atoms with Gasteiger partial charge in [0, 0.05) is 36.2 Å². The highest BCUT2D eigenvalue weighted by Gasteiger charge is 2.24. The van der Waals surface area contributed by atoms with Crippen molar-refractivity contribution in [2.24, 2.45) is 0 Å². The van der Waals surface area contributed by atoms with Crippen LogP contribution < -0.4 is 15.4 Å². The minimum absolute atomic E-state index is 0.132. The lowest BCUT2D eigenvalue weighted by Crippen LogP contribution is -2.31. The van der Waals surface area contributed by atoms with Crippen molar-refractivity contribution in [2.45, 2.75) is 19.6 Å². The van der Waals surface area contributed by atoms with Gasteiger partial charge in [-0.15, -0.1) is 0 Å². The second kappa shape index (κ2) is 10.9. The van der Waals surface area contributed by atoms with Crippen molar-refractivity contribution < 1.29 is 18.7 Å². The number of methoxy groups -OCH3 is 1. The maximum Gasteiger partial charge on any atom is 0.254 e. The van der Waals surface area contributed by atoms with Crippen molar-refractivity contribution in [3.05, 3.63) is 89.2 Å². The quantitative estimate of drug-likeness (QED) is 0.504. The van der Waals surface area contributed by atoms with Crippen molar-refractivity contribution in [1.82, 2.24) is 5.32 Å². The number of para-hydroxylation sites is 1. The molecule has 7 heteroatoms. The Morgan fingerprint density at radius 2 is 1.91 bits per heavy atom. The SMILES string of the molecule is CCOC(C(=O)NCc1ccc(C#N)cc1Nc1ccccc1)c1ccc(OC)cc1F. The zero-order chi connectivity index (χ0) is 22.9. The van der Waals surface area contributed by atoms with Crippen molar-refractivity contribution in [3.8, 4) is 11.8 Å². The molecule has 32 heavy (non-hydrogen) atoms. The fourth-order valence-corrected chi connectivity index (χ4v) is 3.19.